The highest BCUT2D eigenvalue weighted by atomic mass is 19.2. The van der Waals surface area contributed by atoms with E-state index in [1.807, 2.05) is 0 Å². The Morgan fingerprint density at radius 3 is 2.58 bits per heavy atom. The molecule has 3 N–H and O–H groups in total. The molecule has 1 aromatic carbocycles. The fourth-order valence-corrected chi connectivity index (χ4v) is 1.61. The first kappa shape index (κ1) is 15.5. The van der Waals surface area contributed by atoms with E-state index in [0.717, 1.165) is 11.0 Å². The molecule has 0 aliphatic carbocycles. The SMILES string of the molecule is C[C@@H](CO)N(Cc1cc(F)cc(F)c1F)C(=O)CN. The van der Waals surface area contributed by atoms with Crippen LogP contribution in [0.5, 0.6) is 0 Å². The van der Waals surface area contributed by atoms with Gasteiger partial charge in [-0.2, -0.15) is 0 Å². The molecule has 0 aliphatic rings. The van der Waals surface area contributed by atoms with Gasteiger partial charge in [-0.1, -0.05) is 0 Å². The highest BCUT2D eigenvalue weighted by Crippen LogP contribution is 2.17. The summed E-state index contributed by atoms with van der Waals surface area (Å²) in [7, 11) is 0. The predicted octanol–water partition coefficient (Wildman–Crippen LogP) is 0.772. The summed E-state index contributed by atoms with van der Waals surface area (Å²) in [5.74, 6) is -4.04. The molecule has 0 bridgehead atoms. The second-order valence-corrected chi connectivity index (χ2v) is 4.12. The second kappa shape index (κ2) is 6.53. The van der Waals surface area contributed by atoms with Gasteiger partial charge in [0.2, 0.25) is 5.91 Å². The van der Waals surface area contributed by atoms with E-state index in [-0.39, 0.29) is 25.3 Å². The minimum absolute atomic E-state index is 0.306. The van der Waals surface area contributed by atoms with E-state index in [0.29, 0.717) is 6.07 Å². The Hall–Kier alpha value is -1.60. The predicted molar refractivity (Wildman–Crippen MR) is 62.5 cm³/mol. The lowest BCUT2D eigenvalue weighted by atomic mass is 10.1. The monoisotopic (exact) mass is 276 g/mol. The zero-order valence-electron chi connectivity index (χ0n) is 10.4. The van der Waals surface area contributed by atoms with Crippen molar-refractivity contribution in [2.75, 3.05) is 13.2 Å². The van der Waals surface area contributed by atoms with Gasteiger partial charge in [-0.25, -0.2) is 13.2 Å². The molecule has 1 amide bonds. The molecule has 0 fully saturated rings. The lowest BCUT2D eigenvalue weighted by Gasteiger charge is -2.28. The molecule has 106 valence electrons. The number of rotatable bonds is 5. The average Bonchev–Trinajstić information content (AvgIpc) is 2.39. The van der Waals surface area contributed by atoms with Crippen molar-refractivity contribution in [3.05, 3.63) is 35.1 Å². The molecule has 4 nitrogen and oxygen atoms in total. The van der Waals surface area contributed by atoms with E-state index in [1.54, 1.807) is 0 Å². The number of hydrogen-bond acceptors (Lipinski definition) is 3. The number of hydrogen-bond donors (Lipinski definition) is 2. The van der Waals surface area contributed by atoms with Crippen LogP contribution >= 0.6 is 0 Å². The number of nitrogens with zero attached hydrogens (tertiary/aromatic N) is 1. The molecule has 0 saturated carbocycles. The van der Waals surface area contributed by atoms with Gasteiger partial charge in [0.15, 0.2) is 11.6 Å². The summed E-state index contributed by atoms with van der Waals surface area (Å²) < 4.78 is 39.6. The van der Waals surface area contributed by atoms with Crippen LogP contribution < -0.4 is 5.73 Å². The van der Waals surface area contributed by atoms with Gasteiger partial charge in [0.1, 0.15) is 5.82 Å². The van der Waals surface area contributed by atoms with Crippen LogP contribution in [-0.2, 0) is 11.3 Å². The average molecular weight is 276 g/mol. The third-order valence-corrected chi connectivity index (χ3v) is 2.70. The molecular weight excluding hydrogens is 261 g/mol. The molecule has 7 heteroatoms. The summed E-state index contributed by atoms with van der Waals surface area (Å²) in [5, 5.41) is 9.03. The lowest BCUT2D eigenvalue weighted by Crippen LogP contribution is -2.43. The van der Waals surface area contributed by atoms with Crippen molar-refractivity contribution in [1.29, 1.82) is 0 Å². The summed E-state index contributed by atoms with van der Waals surface area (Å²) in [6.07, 6.45) is 0. The van der Waals surface area contributed by atoms with E-state index in [1.165, 1.54) is 6.92 Å². The van der Waals surface area contributed by atoms with Crippen molar-refractivity contribution < 1.29 is 23.1 Å². The summed E-state index contributed by atoms with van der Waals surface area (Å²) in [6.45, 7) is 0.439. The number of amides is 1. The van der Waals surface area contributed by atoms with Crippen LogP contribution in [0.15, 0.2) is 12.1 Å². The zero-order valence-corrected chi connectivity index (χ0v) is 10.4. The van der Waals surface area contributed by atoms with E-state index in [2.05, 4.69) is 0 Å². The molecule has 0 unspecified atom stereocenters. The molecule has 0 radical (unpaired) electrons. The lowest BCUT2D eigenvalue weighted by molar-refractivity contribution is -0.133. The van der Waals surface area contributed by atoms with Crippen LogP contribution in [0.3, 0.4) is 0 Å². The standard InChI is InChI=1S/C12H15F3N2O2/c1-7(6-18)17(11(19)4-16)5-8-2-9(13)3-10(14)12(8)15/h2-3,7,18H,4-6,16H2,1H3/t7-/m0/s1. The van der Waals surface area contributed by atoms with Gasteiger partial charge in [-0.05, 0) is 13.0 Å². The van der Waals surface area contributed by atoms with Gasteiger partial charge < -0.3 is 15.7 Å². The first-order valence-corrected chi connectivity index (χ1v) is 5.64. The molecule has 1 atom stereocenters. The highest BCUT2D eigenvalue weighted by molar-refractivity contribution is 5.78. The number of carbonyl (C=O) groups is 1. The molecule has 0 aromatic heterocycles. The van der Waals surface area contributed by atoms with Crippen molar-refractivity contribution >= 4 is 5.91 Å². The summed E-state index contributed by atoms with van der Waals surface area (Å²) in [5.41, 5.74) is 4.90. The minimum atomic E-state index is -1.33. The van der Waals surface area contributed by atoms with E-state index < -0.39 is 29.4 Å². The number of nitrogens with two attached hydrogens (primary N) is 1. The number of carbonyl (C=O) groups excluding carboxylic acids is 1. The number of halogens is 3. The second-order valence-electron chi connectivity index (χ2n) is 4.12. The first-order valence-electron chi connectivity index (χ1n) is 5.64. The molecule has 19 heavy (non-hydrogen) atoms. The maximum absolute atomic E-state index is 13.5. The Morgan fingerprint density at radius 1 is 1.42 bits per heavy atom. The molecule has 1 rings (SSSR count). The minimum Gasteiger partial charge on any atom is -0.394 e. The van der Waals surface area contributed by atoms with Crippen LogP contribution in [0.1, 0.15) is 12.5 Å². The maximum atomic E-state index is 13.5. The van der Waals surface area contributed by atoms with Gasteiger partial charge >= 0.3 is 0 Å². The van der Waals surface area contributed by atoms with E-state index in [9.17, 15) is 18.0 Å². The van der Waals surface area contributed by atoms with Crippen LogP contribution in [0, 0.1) is 17.5 Å². The first-order chi connectivity index (χ1) is 8.90. The fraction of sp³-hybridized carbons (Fsp3) is 0.417. The Labute approximate surface area is 108 Å². The number of aliphatic hydroxyl groups is 1. The van der Waals surface area contributed by atoms with Gasteiger partial charge in [0.25, 0.3) is 0 Å². The maximum Gasteiger partial charge on any atom is 0.236 e. The zero-order chi connectivity index (χ0) is 14.6. The van der Waals surface area contributed by atoms with Gasteiger partial charge in [0, 0.05) is 18.2 Å². The molecule has 0 spiro atoms. The van der Waals surface area contributed by atoms with Gasteiger partial charge in [0.05, 0.1) is 19.2 Å². The molecule has 1 aromatic rings. The van der Waals surface area contributed by atoms with E-state index in [4.69, 9.17) is 10.8 Å². The highest BCUT2D eigenvalue weighted by Gasteiger charge is 2.21. The van der Waals surface area contributed by atoms with Crippen LogP contribution in [-0.4, -0.2) is 35.1 Å². The van der Waals surface area contributed by atoms with Crippen molar-refractivity contribution in [3.8, 4) is 0 Å². The topological polar surface area (TPSA) is 66.6 Å². The van der Waals surface area contributed by atoms with Crippen molar-refractivity contribution in [1.82, 2.24) is 4.90 Å². The number of benzene rings is 1. The third-order valence-electron chi connectivity index (χ3n) is 2.70. The molecule has 0 heterocycles. The Kier molecular flexibility index (Phi) is 5.31. The third kappa shape index (κ3) is 3.68. The largest absolute Gasteiger partial charge is 0.394 e. The van der Waals surface area contributed by atoms with Crippen molar-refractivity contribution in [2.24, 2.45) is 5.73 Å². The van der Waals surface area contributed by atoms with Crippen LogP contribution in [0.4, 0.5) is 13.2 Å². The van der Waals surface area contributed by atoms with Gasteiger partial charge in [-0.3, -0.25) is 4.79 Å². The quantitative estimate of drug-likeness (QED) is 0.781. The Bertz CT molecular complexity index is 469. The summed E-state index contributed by atoms with van der Waals surface area (Å²) >= 11 is 0. The Morgan fingerprint density at radius 2 is 2.05 bits per heavy atom. The smallest absolute Gasteiger partial charge is 0.236 e. The fourth-order valence-electron chi connectivity index (χ4n) is 1.61. The summed E-state index contributed by atoms with van der Waals surface area (Å²) in [6, 6.07) is 0.588. The normalized spacial score (nSPS) is 12.3. The number of aliphatic hydroxyl groups excluding tert-OH is 1. The van der Waals surface area contributed by atoms with Crippen LogP contribution in [0.2, 0.25) is 0 Å². The molecule has 0 saturated heterocycles. The van der Waals surface area contributed by atoms with E-state index >= 15 is 0 Å². The van der Waals surface area contributed by atoms with Gasteiger partial charge in [-0.15, -0.1) is 0 Å². The molecular formula is C12H15F3N2O2. The molecule has 0 aliphatic heterocycles. The van der Waals surface area contributed by atoms with Crippen LogP contribution in [0.25, 0.3) is 0 Å². The Balaban J connectivity index is 3.06. The van der Waals surface area contributed by atoms with Crippen molar-refractivity contribution in [2.45, 2.75) is 19.5 Å². The summed E-state index contributed by atoms with van der Waals surface area (Å²) in [4.78, 5) is 12.6. The van der Waals surface area contributed by atoms with Crippen molar-refractivity contribution in [3.63, 3.8) is 0 Å².